The third kappa shape index (κ3) is 2.66. The lowest BCUT2D eigenvalue weighted by Crippen LogP contribution is -2.39. The van der Waals surface area contributed by atoms with Crippen LogP contribution in [0.15, 0.2) is 42.7 Å². The van der Waals surface area contributed by atoms with Crippen molar-refractivity contribution < 1.29 is 4.79 Å². The van der Waals surface area contributed by atoms with Gasteiger partial charge in [-0.2, -0.15) is 0 Å². The van der Waals surface area contributed by atoms with Crippen molar-refractivity contribution in [1.29, 1.82) is 0 Å². The maximum Gasteiger partial charge on any atom is 0.253 e. The highest BCUT2D eigenvalue weighted by Gasteiger charge is 2.22. The number of hydrogen-bond acceptors (Lipinski definition) is 3. The summed E-state index contributed by atoms with van der Waals surface area (Å²) in [6.07, 6.45) is 3.21. The van der Waals surface area contributed by atoms with Gasteiger partial charge in [-0.05, 0) is 35.4 Å². The Labute approximate surface area is 122 Å². The van der Waals surface area contributed by atoms with Crippen molar-refractivity contribution in [2.45, 2.75) is 12.6 Å². The molecule has 5 heteroatoms. The van der Waals surface area contributed by atoms with Crippen LogP contribution in [0, 0.1) is 0 Å². The number of rotatable bonds is 2. The summed E-state index contributed by atoms with van der Waals surface area (Å²) in [6, 6.07) is 9.22. The lowest BCUT2D eigenvalue weighted by Gasteiger charge is -2.27. The highest BCUT2D eigenvalue weighted by atomic mass is 35.5. The second kappa shape index (κ2) is 5.61. The van der Waals surface area contributed by atoms with E-state index in [0.717, 1.165) is 17.7 Å². The molecule has 0 fully saturated rings. The molecule has 1 atom stereocenters. The largest absolute Gasteiger partial charge is 0.344 e. The molecular formula is C15H14ClN3O. The van der Waals surface area contributed by atoms with Crippen molar-refractivity contribution in [3.8, 4) is 0 Å². The molecule has 20 heavy (non-hydrogen) atoms. The Kier molecular flexibility index (Phi) is 3.67. The van der Waals surface area contributed by atoms with Crippen LogP contribution in [0.25, 0.3) is 0 Å². The minimum Gasteiger partial charge on any atom is -0.344 e. The van der Waals surface area contributed by atoms with Crippen molar-refractivity contribution in [3.05, 3.63) is 64.4 Å². The van der Waals surface area contributed by atoms with Gasteiger partial charge in [-0.1, -0.05) is 17.7 Å². The summed E-state index contributed by atoms with van der Waals surface area (Å²) in [7, 11) is 0. The molecule has 0 spiro atoms. The molecule has 1 aromatic heterocycles. The molecule has 1 aromatic carbocycles. The Morgan fingerprint density at radius 2 is 2.30 bits per heavy atom. The SMILES string of the molecule is O=C(NC1CNCc2cc(Cl)ccc21)c1cccnc1. The molecular weight excluding hydrogens is 274 g/mol. The maximum atomic E-state index is 12.2. The van der Waals surface area contributed by atoms with E-state index >= 15 is 0 Å². The quantitative estimate of drug-likeness (QED) is 0.891. The van der Waals surface area contributed by atoms with E-state index in [4.69, 9.17) is 11.6 Å². The topological polar surface area (TPSA) is 54.0 Å². The van der Waals surface area contributed by atoms with Gasteiger partial charge in [0.15, 0.2) is 0 Å². The van der Waals surface area contributed by atoms with Crippen LogP contribution in [0.5, 0.6) is 0 Å². The number of carbonyl (C=O) groups is 1. The molecule has 102 valence electrons. The Morgan fingerprint density at radius 1 is 1.40 bits per heavy atom. The summed E-state index contributed by atoms with van der Waals surface area (Å²) in [5, 5.41) is 7.03. The predicted octanol–water partition coefficient (Wildman–Crippen LogP) is 2.31. The number of nitrogens with one attached hydrogen (secondary N) is 2. The standard InChI is InChI=1S/C15H14ClN3O/c16-12-3-4-13-11(6-12)8-18-9-14(13)19-15(20)10-2-1-5-17-7-10/h1-7,14,18H,8-9H2,(H,19,20). The van der Waals surface area contributed by atoms with Gasteiger partial charge in [0.2, 0.25) is 0 Å². The minimum atomic E-state index is -0.118. The fraction of sp³-hybridized carbons (Fsp3) is 0.200. The fourth-order valence-electron chi connectivity index (χ4n) is 2.40. The number of carbonyl (C=O) groups excluding carboxylic acids is 1. The lowest BCUT2D eigenvalue weighted by atomic mass is 9.96. The van der Waals surface area contributed by atoms with Gasteiger partial charge in [0.1, 0.15) is 0 Å². The van der Waals surface area contributed by atoms with Crippen LogP contribution >= 0.6 is 11.6 Å². The van der Waals surface area contributed by atoms with E-state index in [1.54, 1.807) is 24.5 Å². The van der Waals surface area contributed by atoms with Crippen LogP contribution in [0.3, 0.4) is 0 Å². The number of fused-ring (bicyclic) bond motifs is 1. The van der Waals surface area contributed by atoms with Crippen molar-refractivity contribution in [1.82, 2.24) is 15.6 Å². The molecule has 0 bridgehead atoms. The molecule has 4 nitrogen and oxygen atoms in total. The van der Waals surface area contributed by atoms with Crippen LogP contribution < -0.4 is 10.6 Å². The molecule has 1 aliphatic rings. The average molecular weight is 288 g/mol. The average Bonchev–Trinajstić information content (AvgIpc) is 2.48. The zero-order valence-corrected chi connectivity index (χ0v) is 11.5. The third-order valence-electron chi connectivity index (χ3n) is 3.37. The predicted molar refractivity (Wildman–Crippen MR) is 77.6 cm³/mol. The summed E-state index contributed by atoms with van der Waals surface area (Å²) >= 11 is 6.00. The van der Waals surface area contributed by atoms with E-state index in [-0.39, 0.29) is 11.9 Å². The van der Waals surface area contributed by atoms with Gasteiger partial charge in [0.05, 0.1) is 11.6 Å². The summed E-state index contributed by atoms with van der Waals surface area (Å²) in [5.41, 5.74) is 2.80. The number of hydrogen-bond donors (Lipinski definition) is 2. The van der Waals surface area contributed by atoms with Gasteiger partial charge in [0, 0.05) is 30.5 Å². The monoisotopic (exact) mass is 287 g/mol. The van der Waals surface area contributed by atoms with Gasteiger partial charge < -0.3 is 10.6 Å². The van der Waals surface area contributed by atoms with Crippen molar-refractivity contribution >= 4 is 17.5 Å². The number of nitrogens with zero attached hydrogens (tertiary/aromatic N) is 1. The minimum absolute atomic E-state index is 0.0521. The Bertz CT molecular complexity index is 630. The first kappa shape index (κ1) is 13.1. The normalized spacial score (nSPS) is 17.4. The summed E-state index contributed by atoms with van der Waals surface area (Å²) in [6.45, 7) is 1.48. The van der Waals surface area contributed by atoms with Gasteiger partial charge in [-0.3, -0.25) is 9.78 Å². The molecule has 0 saturated carbocycles. The Hall–Kier alpha value is -1.91. The van der Waals surface area contributed by atoms with E-state index < -0.39 is 0 Å². The number of benzene rings is 1. The third-order valence-corrected chi connectivity index (χ3v) is 3.61. The van der Waals surface area contributed by atoms with Crippen molar-refractivity contribution in [2.24, 2.45) is 0 Å². The zero-order chi connectivity index (χ0) is 13.9. The molecule has 2 heterocycles. The molecule has 2 N–H and O–H groups in total. The first-order chi connectivity index (χ1) is 9.74. The van der Waals surface area contributed by atoms with E-state index in [9.17, 15) is 4.79 Å². The van der Waals surface area contributed by atoms with E-state index in [0.29, 0.717) is 17.1 Å². The highest BCUT2D eigenvalue weighted by molar-refractivity contribution is 6.30. The lowest BCUT2D eigenvalue weighted by molar-refractivity contribution is 0.0934. The van der Waals surface area contributed by atoms with Crippen molar-refractivity contribution in [2.75, 3.05) is 6.54 Å². The van der Waals surface area contributed by atoms with Gasteiger partial charge >= 0.3 is 0 Å². The first-order valence-electron chi connectivity index (χ1n) is 6.44. The molecule has 1 amide bonds. The Morgan fingerprint density at radius 3 is 3.10 bits per heavy atom. The van der Waals surface area contributed by atoms with Crippen LogP contribution in [0.1, 0.15) is 27.5 Å². The second-order valence-electron chi connectivity index (χ2n) is 4.74. The van der Waals surface area contributed by atoms with Gasteiger partial charge in [-0.25, -0.2) is 0 Å². The molecule has 1 unspecified atom stereocenters. The number of amides is 1. The van der Waals surface area contributed by atoms with Crippen LogP contribution in [0.4, 0.5) is 0 Å². The molecule has 3 rings (SSSR count). The number of aromatic nitrogens is 1. The Balaban J connectivity index is 1.81. The summed E-state index contributed by atoms with van der Waals surface area (Å²) < 4.78 is 0. The highest BCUT2D eigenvalue weighted by Crippen LogP contribution is 2.25. The molecule has 0 aliphatic carbocycles. The maximum absolute atomic E-state index is 12.2. The molecule has 2 aromatic rings. The summed E-state index contributed by atoms with van der Waals surface area (Å²) in [4.78, 5) is 16.1. The number of pyridine rings is 1. The van der Waals surface area contributed by atoms with Crippen LogP contribution in [0.2, 0.25) is 5.02 Å². The molecule has 1 aliphatic heterocycles. The first-order valence-corrected chi connectivity index (χ1v) is 6.82. The fourth-order valence-corrected chi connectivity index (χ4v) is 2.59. The number of halogens is 1. The zero-order valence-electron chi connectivity index (χ0n) is 10.8. The smallest absolute Gasteiger partial charge is 0.253 e. The van der Waals surface area contributed by atoms with E-state index in [2.05, 4.69) is 15.6 Å². The summed E-state index contributed by atoms with van der Waals surface area (Å²) in [5.74, 6) is -0.118. The molecule has 0 saturated heterocycles. The van der Waals surface area contributed by atoms with Crippen molar-refractivity contribution in [3.63, 3.8) is 0 Å². The van der Waals surface area contributed by atoms with Gasteiger partial charge in [0.25, 0.3) is 5.91 Å². The van der Waals surface area contributed by atoms with Gasteiger partial charge in [-0.15, -0.1) is 0 Å². The molecule has 0 radical (unpaired) electrons. The van der Waals surface area contributed by atoms with Crippen LogP contribution in [-0.2, 0) is 6.54 Å². The second-order valence-corrected chi connectivity index (χ2v) is 5.18. The van der Waals surface area contributed by atoms with E-state index in [1.165, 1.54) is 0 Å². The van der Waals surface area contributed by atoms with E-state index in [1.807, 2.05) is 18.2 Å². The van der Waals surface area contributed by atoms with Crippen LogP contribution in [-0.4, -0.2) is 17.4 Å².